The minimum Gasteiger partial charge on any atom is -0.793 e. The van der Waals surface area contributed by atoms with Crippen LogP contribution in [-0.2, 0) is 43.6 Å². The van der Waals surface area contributed by atoms with Crippen molar-refractivity contribution >= 4 is 28.9 Å². The van der Waals surface area contributed by atoms with Crippen molar-refractivity contribution in [1.82, 2.24) is 0 Å². The van der Waals surface area contributed by atoms with E-state index >= 15 is 0 Å². The summed E-state index contributed by atoms with van der Waals surface area (Å²) in [5.41, 5.74) is -2.69. The maximum absolute atomic E-state index is 11.0. The summed E-state index contributed by atoms with van der Waals surface area (Å²) >= 11 is 5.84. The zero-order valence-electron chi connectivity index (χ0n) is 6.20. The van der Waals surface area contributed by atoms with Crippen molar-refractivity contribution in [3.8, 4) is 0 Å². The standard InChI is InChI=1S/C4H11O2PS2.Cd/c1-3-6-7(5,8)9-4-2;/h3-4H2,1-2H3,(H,5,8);/p-1. The van der Waals surface area contributed by atoms with Crippen molar-refractivity contribution in [3.05, 3.63) is 0 Å². The fourth-order valence-corrected chi connectivity index (χ4v) is 3.81. The first-order valence-corrected chi connectivity index (χ1v) is 6.95. The Morgan fingerprint density at radius 3 is 2.40 bits per heavy atom. The molecule has 0 saturated heterocycles. The Labute approximate surface area is 91.2 Å². The molecule has 0 radical (unpaired) electrons. The molecule has 0 aliphatic heterocycles. The van der Waals surface area contributed by atoms with Gasteiger partial charge in [0.15, 0.2) is 0 Å². The van der Waals surface area contributed by atoms with Gasteiger partial charge in [-0.1, -0.05) is 18.7 Å². The third-order valence-electron chi connectivity index (χ3n) is 0.574. The van der Waals surface area contributed by atoms with Gasteiger partial charge in [-0.3, -0.25) is 0 Å². The second kappa shape index (κ2) is 7.49. The maximum Gasteiger partial charge on any atom is 0.0485 e. The Bertz CT molecular complexity index is 112. The normalized spacial score (nSPS) is 15.5. The molecule has 58 valence electrons. The molecule has 2 nitrogen and oxygen atoms in total. The van der Waals surface area contributed by atoms with Crippen molar-refractivity contribution in [2.75, 3.05) is 12.4 Å². The van der Waals surface area contributed by atoms with Crippen LogP contribution >= 0.6 is 17.1 Å². The van der Waals surface area contributed by atoms with Gasteiger partial charge in [0.1, 0.15) is 0 Å². The average Bonchev–Trinajstić information content (AvgIpc) is 1.64. The molecule has 0 rings (SSSR count). The maximum atomic E-state index is 11.0. The van der Waals surface area contributed by atoms with Crippen molar-refractivity contribution in [2.45, 2.75) is 13.8 Å². The SMILES string of the molecule is CCOP([O-])(=S)SCC.[Cd]. The van der Waals surface area contributed by atoms with Gasteiger partial charge >= 0.3 is 0 Å². The molecule has 0 aromatic rings. The summed E-state index contributed by atoms with van der Waals surface area (Å²) in [6.07, 6.45) is 0. The molecule has 1 unspecified atom stereocenters. The van der Waals surface area contributed by atoms with E-state index in [0.717, 1.165) is 5.75 Å². The van der Waals surface area contributed by atoms with Crippen molar-refractivity contribution in [2.24, 2.45) is 0 Å². The van der Waals surface area contributed by atoms with Crippen molar-refractivity contribution in [3.63, 3.8) is 0 Å². The minimum atomic E-state index is -2.69. The second-order valence-electron chi connectivity index (χ2n) is 1.28. The van der Waals surface area contributed by atoms with Crippen LogP contribution in [0.15, 0.2) is 0 Å². The van der Waals surface area contributed by atoms with Gasteiger partial charge in [0.25, 0.3) is 0 Å². The molecule has 1 atom stereocenters. The zero-order chi connectivity index (χ0) is 7.33. The van der Waals surface area contributed by atoms with Crippen LogP contribution in [0.3, 0.4) is 0 Å². The second-order valence-corrected chi connectivity index (χ2v) is 7.62. The Kier molecular flexibility index (Phi) is 10.8. The van der Waals surface area contributed by atoms with E-state index in [1.165, 1.54) is 11.4 Å². The average molecular weight is 298 g/mol. The molecular weight excluding hydrogens is 288 g/mol. The Balaban J connectivity index is 0. The van der Waals surface area contributed by atoms with Gasteiger partial charge in [-0.2, -0.15) is 0 Å². The van der Waals surface area contributed by atoms with Crippen LogP contribution in [0, 0.1) is 0 Å². The molecule has 0 aromatic heterocycles. The number of rotatable bonds is 4. The summed E-state index contributed by atoms with van der Waals surface area (Å²) in [5, 5.41) is 0. The van der Waals surface area contributed by atoms with Gasteiger partial charge < -0.3 is 9.42 Å². The van der Waals surface area contributed by atoms with E-state index < -0.39 is 5.69 Å². The zero-order valence-corrected chi connectivity index (χ0v) is 12.8. The van der Waals surface area contributed by atoms with Crippen LogP contribution in [0.2, 0.25) is 0 Å². The first kappa shape index (κ1) is 14.4. The fourth-order valence-electron chi connectivity index (χ4n) is 0.353. The topological polar surface area (TPSA) is 32.3 Å². The van der Waals surface area contributed by atoms with E-state index in [0.29, 0.717) is 6.61 Å². The Morgan fingerprint density at radius 2 is 2.10 bits per heavy atom. The van der Waals surface area contributed by atoms with Gasteiger partial charge in [-0.05, 0) is 12.7 Å². The van der Waals surface area contributed by atoms with Crippen LogP contribution in [0.1, 0.15) is 13.8 Å². The quantitative estimate of drug-likeness (QED) is 0.579. The Hall–Kier alpha value is 1.84. The minimum absolute atomic E-state index is 0. The van der Waals surface area contributed by atoms with Gasteiger partial charge in [0.2, 0.25) is 0 Å². The van der Waals surface area contributed by atoms with Crippen LogP contribution in [0.25, 0.3) is 0 Å². The molecule has 6 heteroatoms. The van der Waals surface area contributed by atoms with E-state index in [1.807, 2.05) is 6.92 Å². The molecule has 0 aromatic carbocycles. The smallest absolute Gasteiger partial charge is 0.0485 e. The summed E-state index contributed by atoms with van der Waals surface area (Å²) in [4.78, 5) is 11.0. The van der Waals surface area contributed by atoms with Crippen molar-refractivity contribution < 1.29 is 36.7 Å². The van der Waals surface area contributed by atoms with E-state index in [2.05, 4.69) is 11.8 Å². The summed E-state index contributed by atoms with van der Waals surface area (Å²) in [5.74, 6) is 0.751. The Morgan fingerprint density at radius 1 is 1.60 bits per heavy atom. The summed E-state index contributed by atoms with van der Waals surface area (Å²) < 4.78 is 4.80. The predicted molar refractivity (Wildman–Crippen MR) is 44.0 cm³/mol. The molecule has 0 aliphatic rings. The third kappa shape index (κ3) is 7.94. The van der Waals surface area contributed by atoms with E-state index in [4.69, 9.17) is 4.52 Å². The van der Waals surface area contributed by atoms with Crippen LogP contribution in [0.5, 0.6) is 0 Å². The molecule has 0 spiro atoms. The van der Waals surface area contributed by atoms with Crippen LogP contribution in [0.4, 0.5) is 0 Å². The largest absolute Gasteiger partial charge is 0.793 e. The fraction of sp³-hybridized carbons (Fsp3) is 1.00. The first-order valence-electron chi connectivity index (χ1n) is 2.72. The van der Waals surface area contributed by atoms with E-state index in [-0.39, 0.29) is 27.3 Å². The third-order valence-corrected chi connectivity index (χ3v) is 5.03. The predicted octanol–water partition coefficient (Wildman–Crippen LogP) is 1.36. The van der Waals surface area contributed by atoms with Crippen LogP contribution < -0.4 is 4.89 Å². The first-order chi connectivity index (χ1) is 4.12. The molecule has 0 aliphatic carbocycles. The molecule has 0 bridgehead atoms. The molecular formula is C4H10CdO2PS2-. The number of hydrogen-bond acceptors (Lipinski definition) is 4. The van der Waals surface area contributed by atoms with Gasteiger partial charge in [-0.25, -0.2) is 0 Å². The molecule has 0 heterocycles. The molecule has 0 saturated carbocycles. The monoisotopic (exact) mass is 299 g/mol. The van der Waals surface area contributed by atoms with Gasteiger partial charge in [-0.15, -0.1) is 11.4 Å². The van der Waals surface area contributed by atoms with E-state index in [9.17, 15) is 4.89 Å². The van der Waals surface area contributed by atoms with Gasteiger partial charge in [0.05, 0.1) is 0 Å². The van der Waals surface area contributed by atoms with Crippen molar-refractivity contribution in [1.29, 1.82) is 0 Å². The van der Waals surface area contributed by atoms with E-state index in [1.54, 1.807) is 6.92 Å². The molecule has 0 fully saturated rings. The number of hydrogen-bond donors (Lipinski definition) is 0. The molecule has 0 N–H and O–H groups in total. The molecule has 0 amide bonds. The summed E-state index contributed by atoms with van der Waals surface area (Å²) in [7, 11) is 0. The summed E-state index contributed by atoms with van der Waals surface area (Å²) in [6, 6.07) is 0. The van der Waals surface area contributed by atoms with Gasteiger partial charge in [0, 0.05) is 39.6 Å². The molecule has 10 heavy (non-hydrogen) atoms. The summed E-state index contributed by atoms with van der Waals surface area (Å²) in [6.45, 7) is 4.13. The van der Waals surface area contributed by atoms with Crippen LogP contribution in [-0.4, -0.2) is 12.4 Å².